The van der Waals surface area contributed by atoms with Crippen LogP contribution >= 0.6 is 11.3 Å². The van der Waals surface area contributed by atoms with Crippen molar-refractivity contribution >= 4 is 38.8 Å². The number of hydrogen-bond donors (Lipinski definition) is 1. The van der Waals surface area contributed by atoms with Gasteiger partial charge in [0.2, 0.25) is 0 Å². The minimum Gasteiger partial charge on any atom is -0.289 e. The summed E-state index contributed by atoms with van der Waals surface area (Å²) in [5.41, 5.74) is 1.27. The summed E-state index contributed by atoms with van der Waals surface area (Å²) >= 11 is 1.62. The van der Waals surface area contributed by atoms with Crippen molar-refractivity contribution in [2.75, 3.05) is 0 Å². The van der Waals surface area contributed by atoms with Crippen molar-refractivity contribution in [3.8, 4) is 0 Å². The molecule has 1 aromatic carbocycles. The first-order chi connectivity index (χ1) is 7.75. The Labute approximate surface area is 95.4 Å². The summed E-state index contributed by atoms with van der Waals surface area (Å²) in [6.45, 7) is 0. The molecule has 0 spiro atoms. The first kappa shape index (κ1) is 9.30. The maximum atomic E-state index is 11.6. The minimum atomic E-state index is -0.341. The molecule has 0 radical (unpaired) electrons. The van der Waals surface area contributed by atoms with E-state index >= 15 is 0 Å². The van der Waals surface area contributed by atoms with Crippen molar-refractivity contribution in [3.63, 3.8) is 0 Å². The molecular weight excluding hydrogens is 222 g/mol. The van der Waals surface area contributed by atoms with Crippen LogP contribution in [0.1, 0.15) is 5.56 Å². The summed E-state index contributed by atoms with van der Waals surface area (Å²) in [6, 6.07) is 7.72. The highest BCUT2D eigenvalue weighted by molar-refractivity contribution is 7.17. The average molecular weight is 229 g/mol. The van der Waals surface area contributed by atoms with Gasteiger partial charge >= 0.3 is 0 Å². The van der Waals surface area contributed by atoms with Gasteiger partial charge in [-0.3, -0.25) is 14.9 Å². The van der Waals surface area contributed by atoms with E-state index in [0.29, 0.717) is 5.57 Å². The number of amides is 2. The zero-order valence-corrected chi connectivity index (χ0v) is 9.01. The Kier molecular flexibility index (Phi) is 1.91. The Bertz CT molecular complexity index is 639. The number of carbonyl (C=O) groups excluding carboxylic acids is 2. The van der Waals surface area contributed by atoms with Crippen molar-refractivity contribution < 1.29 is 9.59 Å². The van der Waals surface area contributed by atoms with Crippen LogP contribution in [0.25, 0.3) is 15.7 Å². The third kappa shape index (κ3) is 1.27. The molecular formula is C12H7NO2S. The number of rotatable bonds is 1. The molecule has 2 aromatic rings. The SMILES string of the molecule is O=C1C=C(c2cccc3sccc23)C(=O)N1. The molecule has 0 fully saturated rings. The first-order valence-electron chi connectivity index (χ1n) is 4.79. The Morgan fingerprint density at radius 2 is 2.00 bits per heavy atom. The quantitative estimate of drug-likeness (QED) is 0.759. The van der Waals surface area contributed by atoms with Crippen LogP contribution < -0.4 is 5.32 Å². The first-order valence-corrected chi connectivity index (χ1v) is 5.67. The molecule has 0 saturated heterocycles. The second kappa shape index (κ2) is 3.28. The molecule has 1 aromatic heterocycles. The van der Waals surface area contributed by atoms with E-state index in [4.69, 9.17) is 0 Å². The number of imide groups is 1. The topological polar surface area (TPSA) is 46.2 Å². The summed E-state index contributed by atoms with van der Waals surface area (Å²) in [4.78, 5) is 22.7. The van der Waals surface area contributed by atoms with Crippen molar-refractivity contribution in [1.29, 1.82) is 0 Å². The second-order valence-electron chi connectivity index (χ2n) is 3.51. The Balaban J connectivity index is 2.27. The molecule has 2 heterocycles. The van der Waals surface area contributed by atoms with Crippen molar-refractivity contribution in [2.24, 2.45) is 0 Å². The van der Waals surface area contributed by atoms with Gasteiger partial charge in [0, 0.05) is 16.2 Å². The van der Waals surface area contributed by atoms with E-state index in [1.54, 1.807) is 11.3 Å². The van der Waals surface area contributed by atoms with Crippen LogP contribution in [0.3, 0.4) is 0 Å². The molecule has 3 nitrogen and oxygen atoms in total. The third-order valence-electron chi connectivity index (χ3n) is 2.54. The van der Waals surface area contributed by atoms with Gasteiger partial charge in [0.05, 0.1) is 5.57 Å². The van der Waals surface area contributed by atoms with Crippen LogP contribution in [0.15, 0.2) is 35.7 Å². The molecule has 0 aliphatic carbocycles. The van der Waals surface area contributed by atoms with Gasteiger partial charge in [-0.15, -0.1) is 11.3 Å². The van der Waals surface area contributed by atoms with Crippen molar-refractivity contribution in [1.82, 2.24) is 5.32 Å². The lowest BCUT2D eigenvalue weighted by atomic mass is 10.0. The van der Waals surface area contributed by atoms with E-state index in [1.165, 1.54) is 6.08 Å². The molecule has 0 atom stereocenters. The fourth-order valence-corrected chi connectivity index (χ4v) is 2.65. The Morgan fingerprint density at radius 3 is 2.75 bits per heavy atom. The summed E-state index contributed by atoms with van der Waals surface area (Å²) in [7, 11) is 0. The van der Waals surface area contributed by atoms with Crippen LogP contribution in [0, 0.1) is 0 Å². The zero-order valence-electron chi connectivity index (χ0n) is 8.19. The lowest BCUT2D eigenvalue weighted by Gasteiger charge is -2.01. The normalized spacial score (nSPS) is 15.4. The molecule has 0 saturated carbocycles. The molecule has 1 N–H and O–H groups in total. The number of nitrogens with one attached hydrogen (secondary N) is 1. The fourth-order valence-electron chi connectivity index (χ4n) is 1.84. The molecule has 78 valence electrons. The molecule has 1 aliphatic heterocycles. The maximum Gasteiger partial charge on any atom is 0.258 e. The van der Waals surface area contributed by atoms with Crippen molar-refractivity contribution in [3.05, 3.63) is 41.3 Å². The number of hydrogen-bond acceptors (Lipinski definition) is 3. The van der Waals surface area contributed by atoms with Gasteiger partial charge in [0.25, 0.3) is 11.8 Å². The largest absolute Gasteiger partial charge is 0.289 e. The lowest BCUT2D eigenvalue weighted by Crippen LogP contribution is -2.21. The lowest BCUT2D eigenvalue weighted by molar-refractivity contribution is -0.123. The highest BCUT2D eigenvalue weighted by atomic mass is 32.1. The van der Waals surface area contributed by atoms with Crippen LogP contribution in [0.2, 0.25) is 0 Å². The number of benzene rings is 1. The summed E-state index contributed by atoms with van der Waals surface area (Å²) in [5.74, 6) is -0.657. The summed E-state index contributed by atoms with van der Waals surface area (Å²) < 4.78 is 1.12. The monoisotopic (exact) mass is 229 g/mol. The predicted molar refractivity (Wildman–Crippen MR) is 63.0 cm³/mol. The van der Waals surface area contributed by atoms with Crippen LogP contribution in [0.4, 0.5) is 0 Å². The Morgan fingerprint density at radius 1 is 1.12 bits per heavy atom. The molecule has 0 unspecified atom stereocenters. The Hall–Kier alpha value is -1.94. The standard InChI is InChI=1S/C12H7NO2S/c14-11-6-9(12(15)13-11)7-2-1-3-10-8(7)4-5-16-10/h1-6H,(H,13,14,15). The van der Waals surface area contributed by atoms with Gasteiger partial charge in [-0.05, 0) is 23.1 Å². The van der Waals surface area contributed by atoms with E-state index < -0.39 is 0 Å². The van der Waals surface area contributed by atoms with Crippen LogP contribution in [0.5, 0.6) is 0 Å². The van der Waals surface area contributed by atoms with Gasteiger partial charge in [-0.1, -0.05) is 12.1 Å². The van der Waals surface area contributed by atoms with Gasteiger partial charge in [0.1, 0.15) is 0 Å². The number of carbonyl (C=O) groups is 2. The molecule has 4 heteroatoms. The second-order valence-corrected chi connectivity index (χ2v) is 4.46. The highest BCUT2D eigenvalue weighted by Gasteiger charge is 2.23. The molecule has 3 rings (SSSR count). The van der Waals surface area contributed by atoms with Gasteiger partial charge in [0.15, 0.2) is 0 Å². The van der Waals surface area contributed by atoms with Gasteiger partial charge in [-0.2, -0.15) is 0 Å². The van der Waals surface area contributed by atoms with E-state index in [2.05, 4.69) is 5.32 Å². The molecule has 1 aliphatic rings. The van der Waals surface area contributed by atoms with Crippen LogP contribution in [-0.4, -0.2) is 11.8 Å². The number of fused-ring (bicyclic) bond motifs is 1. The molecule has 0 bridgehead atoms. The van der Waals surface area contributed by atoms with Crippen LogP contribution in [-0.2, 0) is 9.59 Å². The number of thiophene rings is 1. The maximum absolute atomic E-state index is 11.6. The van der Waals surface area contributed by atoms with E-state index in [9.17, 15) is 9.59 Å². The van der Waals surface area contributed by atoms with Gasteiger partial charge in [-0.25, -0.2) is 0 Å². The van der Waals surface area contributed by atoms with E-state index in [-0.39, 0.29) is 11.8 Å². The van der Waals surface area contributed by atoms with Crippen molar-refractivity contribution in [2.45, 2.75) is 0 Å². The highest BCUT2D eigenvalue weighted by Crippen LogP contribution is 2.29. The summed E-state index contributed by atoms with van der Waals surface area (Å²) in [5, 5.41) is 5.25. The zero-order chi connectivity index (χ0) is 11.1. The summed E-state index contributed by atoms with van der Waals surface area (Å²) in [6.07, 6.45) is 1.36. The van der Waals surface area contributed by atoms with E-state index in [1.807, 2.05) is 29.6 Å². The minimum absolute atomic E-state index is 0.316. The molecule has 2 amide bonds. The fraction of sp³-hybridized carbons (Fsp3) is 0. The van der Waals surface area contributed by atoms with Gasteiger partial charge < -0.3 is 0 Å². The predicted octanol–water partition coefficient (Wildman–Crippen LogP) is 1.94. The third-order valence-corrected chi connectivity index (χ3v) is 3.42. The average Bonchev–Trinajstić information content (AvgIpc) is 2.84. The smallest absolute Gasteiger partial charge is 0.258 e. The van der Waals surface area contributed by atoms with E-state index in [0.717, 1.165) is 15.6 Å². The molecule has 16 heavy (non-hydrogen) atoms.